The zero-order chi connectivity index (χ0) is 14.7. The number of hydrogen-bond donors (Lipinski definition) is 1. The van der Waals surface area contributed by atoms with Gasteiger partial charge in [-0.3, -0.25) is 0 Å². The highest BCUT2D eigenvalue weighted by Gasteiger charge is 2.25. The fourth-order valence-electron chi connectivity index (χ4n) is 1.25. The molecule has 4 nitrogen and oxygen atoms in total. The molecule has 1 rings (SSSR count). The smallest absolute Gasteiger partial charge is 0.345 e. The first-order valence-electron chi connectivity index (χ1n) is 5.06. The number of esters is 1. The van der Waals surface area contributed by atoms with Crippen molar-refractivity contribution in [3.05, 3.63) is 25.9 Å². The summed E-state index contributed by atoms with van der Waals surface area (Å²) in [6, 6.07) is 1.88. The van der Waals surface area contributed by atoms with E-state index in [1.165, 1.54) is 0 Å². The summed E-state index contributed by atoms with van der Waals surface area (Å²) in [6.07, 6.45) is -0.855. The topological polar surface area (TPSA) is 63.6 Å². The first-order chi connectivity index (χ1) is 8.79. The molecule has 0 aliphatic carbocycles. The average Bonchev–Trinajstić information content (AvgIpc) is 2.32. The van der Waals surface area contributed by atoms with Crippen molar-refractivity contribution >= 4 is 102 Å². The Kier molecular flexibility index (Phi) is 7.55. The lowest BCUT2D eigenvalue weighted by molar-refractivity contribution is -0.147. The van der Waals surface area contributed by atoms with Crippen molar-refractivity contribution in [1.82, 2.24) is 0 Å². The van der Waals surface area contributed by atoms with Crippen LogP contribution in [0.4, 0.5) is 0 Å². The Balaban J connectivity index is 3.14. The van der Waals surface area contributed by atoms with E-state index in [0.29, 0.717) is 5.56 Å². The van der Waals surface area contributed by atoms with Gasteiger partial charge in [0, 0.05) is 14.3 Å². The summed E-state index contributed by atoms with van der Waals surface area (Å²) >= 11 is 8.50. The van der Waals surface area contributed by atoms with Gasteiger partial charge in [0.2, 0.25) is 0 Å². The van der Waals surface area contributed by atoms with Crippen LogP contribution in [-0.4, -0.2) is 23.1 Å². The van der Waals surface area contributed by atoms with Crippen LogP contribution < -0.4 is 0 Å². The molecule has 1 N–H and O–H groups in total. The third-order valence-electron chi connectivity index (χ3n) is 2.21. The maximum absolute atomic E-state index is 12.1. The minimum absolute atomic E-state index is 0.246. The molecule has 0 saturated carbocycles. The van der Waals surface area contributed by atoms with Gasteiger partial charge in [0.25, 0.3) is 0 Å². The highest BCUT2D eigenvalue weighted by Crippen LogP contribution is 2.29. The molecule has 0 aliphatic heterocycles. The fourth-order valence-corrected chi connectivity index (χ4v) is 5.49. The Bertz CT molecular complexity index is 530. The Morgan fingerprint density at radius 2 is 1.79 bits per heavy atom. The summed E-state index contributed by atoms with van der Waals surface area (Å²) in [5, 5.41) is 8.92. The van der Waals surface area contributed by atoms with Crippen LogP contribution in [-0.2, 0) is 9.53 Å². The number of halogens is 4. The quantitative estimate of drug-likeness (QED) is 0.221. The van der Waals surface area contributed by atoms with Crippen LogP contribution in [0.3, 0.4) is 0 Å². The van der Waals surface area contributed by atoms with Gasteiger partial charge in [0.05, 0.1) is 5.56 Å². The second-order valence-corrected chi connectivity index (χ2v) is 7.97. The van der Waals surface area contributed by atoms with Crippen LogP contribution in [0.2, 0.25) is 0 Å². The second kappa shape index (κ2) is 7.91. The Morgan fingerprint density at radius 1 is 1.21 bits per heavy atom. The van der Waals surface area contributed by atoms with E-state index in [2.05, 4.69) is 90.4 Å². The van der Waals surface area contributed by atoms with Crippen molar-refractivity contribution in [2.24, 2.45) is 0 Å². The molecule has 0 heterocycles. The Hall–Kier alpha value is 1.08. The molecular formula is C11H8I4O4. The molecule has 0 fully saturated rings. The predicted molar refractivity (Wildman–Crippen MR) is 104 cm³/mol. The van der Waals surface area contributed by atoms with Crippen molar-refractivity contribution in [2.45, 2.75) is 19.4 Å². The molecular weight excluding hydrogens is 704 g/mol. The number of ether oxygens (including phenoxy) is 1. The molecule has 0 amide bonds. The predicted octanol–water partition coefficient (Wildman–Crippen LogP) is 4.13. The molecule has 0 spiro atoms. The largest absolute Gasteiger partial charge is 0.479 e. The molecule has 0 saturated heterocycles. The van der Waals surface area contributed by atoms with E-state index in [1.807, 2.05) is 6.07 Å². The van der Waals surface area contributed by atoms with E-state index < -0.39 is 18.0 Å². The minimum atomic E-state index is -1.12. The maximum Gasteiger partial charge on any atom is 0.345 e. The van der Waals surface area contributed by atoms with Gasteiger partial charge < -0.3 is 9.84 Å². The molecule has 0 bridgehead atoms. The van der Waals surface area contributed by atoms with Gasteiger partial charge in [-0.15, -0.1) is 0 Å². The van der Waals surface area contributed by atoms with E-state index >= 15 is 0 Å². The number of carbonyl (C=O) groups is 2. The molecule has 0 aliphatic rings. The van der Waals surface area contributed by atoms with Gasteiger partial charge in [0.1, 0.15) is 0 Å². The van der Waals surface area contributed by atoms with E-state index in [0.717, 1.165) is 14.3 Å². The number of benzene rings is 1. The van der Waals surface area contributed by atoms with E-state index in [9.17, 15) is 9.59 Å². The number of carbonyl (C=O) groups excluding carboxylic acids is 1. The van der Waals surface area contributed by atoms with Gasteiger partial charge in [-0.2, -0.15) is 0 Å². The zero-order valence-electron chi connectivity index (χ0n) is 9.55. The summed E-state index contributed by atoms with van der Waals surface area (Å²) < 4.78 is 8.62. The molecule has 0 radical (unpaired) electrons. The molecule has 19 heavy (non-hydrogen) atoms. The third kappa shape index (κ3) is 4.52. The van der Waals surface area contributed by atoms with Gasteiger partial charge in [-0.1, -0.05) is 6.92 Å². The van der Waals surface area contributed by atoms with Gasteiger partial charge in [-0.25, -0.2) is 9.59 Å². The zero-order valence-corrected chi connectivity index (χ0v) is 18.2. The molecule has 1 unspecified atom stereocenters. The highest BCUT2D eigenvalue weighted by atomic mass is 127. The monoisotopic (exact) mass is 712 g/mol. The van der Waals surface area contributed by atoms with Crippen molar-refractivity contribution in [1.29, 1.82) is 0 Å². The fraction of sp³-hybridized carbons (Fsp3) is 0.273. The van der Waals surface area contributed by atoms with Crippen molar-refractivity contribution in [3.8, 4) is 0 Å². The standard InChI is InChI=1S/C11H8I4O4/c1-2-6(10(16)17)19-11(18)7-4(12)3-5(13)8(14)9(7)15/h3,6H,2H2,1H3,(H,16,17). The summed E-state index contributed by atoms with van der Waals surface area (Å²) in [7, 11) is 0. The van der Waals surface area contributed by atoms with Crippen LogP contribution >= 0.6 is 90.4 Å². The maximum atomic E-state index is 12.1. The molecule has 1 aromatic carbocycles. The van der Waals surface area contributed by atoms with Crippen molar-refractivity contribution < 1.29 is 19.4 Å². The van der Waals surface area contributed by atoms with Crippen LogP contribution in [0.5, 0.6) is 0 Å². The number of carboxylic acid groups (broad SMARTS) is 1. The van der Waals surface area contributed by atoms with E-state index in [4.69, 9.17) is 9.84 Å². The lowest BCUT2D eigenvalue weighted by Crippen LogP contribution is -2.27. The number of rotatable bonds is 4. The van der Waals surface area contributed by atoms with Crippen molar-refractivity contribution in [3.63, 3.8) is 0 Å². The molecule has 1 atom stereocenters. The van der Waals surface area contributed by atoms with Crippen LogP contribution in [0.15, 0.2) is 6.07 Å². The lowest BCUT2D eigenvalue weighted by Gasteiger charge is -2.14. The summed E-state index contributed by atoms with van der Waals surface area (Å²) in [4.78, 5) is 23.0. The highest BCUT2D eigenvalue weighted by molar-refractivity contribution is 14.1. The number of carboxylic acids is 1. The Morgan fingerprint density at radius 3 is 2.26 bits per heavy atom. The molecule has 1 aromatic rings. The summed E-state index contributed by atoms with van der Waals surface area (Å²) in [6.45, 7) is 1.67. The van der Waals surface area contributed by atoms with E-state index in [1.54, 1.807) is 6.92 Å². The third-order valence-corrected chi connectivity index (χ3v) is 8.18. The molecule has 104 valence electrons. The lowest BCUT2D eigenvalue weighted by atomic mass is 10.2. The summed E-state index contributed by atoms with van der Waals surface area (Å²) in [5.41, 5.74) is 0.436. The van der Waals surface area contributed by atoms with Gasteiger partial charge in [-0.05, 0) is 103 Å². The second-order valence-electron chi connectivity index (χ2n) is 3.48. The SMILES string of the molecule is CCC(OC(=O)c1c(I)cc(I)c(I)c1I)C(=O)O. The average molecular weight is 712 g/mol. The first-order valence-corrected chi connectivity index (χ1v) is 9.37. The first kappa shape index (κ1) is 18.1. The van der Waals surface area contributed by atoms with Crippen molar-refractivity contribution in [2.75, 3.05) is 0 Å². The molecule has 0 aromatic heterocycles. The van der Waals surface area contributed by atoms with Crippen LogP contribution in [0.1, 0.15) is 23.7 Å². The number of hydrogen-bond acceptors (Lipinski definition) is 3. The summed E-state index contributed by atoms with van der Waals surface area (Å²) in [5.74, 6) is -1.71. The number of aliphatic carboxylic acids is 1. The van der Waals surface area contributed by atoms with Gasteiger partial charge in [0.15, 0.2) is 6.10 Å². The van der Waals surface area contributed by atoms with Gasteiger partial charge >= 0.3 is 11.9 Å². The molecule has 8 heteroatoms. The van der Waals surface area contributed by atoms with E-state index in [-0.39, 0.29) is 6.42 Å². The van der Waals surface area contributed by atoms with Crippen LogP contribution in [0, 0.1) is 14.3 Å². The minimum Gasteiger partial charge on any atom is -0.479 e. The van der Waals surface area contributed by atoms with Crippen LogP contribution in [0.25, 0.3) is 0 Å². The normalized spacial score (nSPS) is 12.1. The Labute approximate surface area is 165 Å².